The van der Waals surface area contributed by atoms with E-state index in [0.717, 1.165) is 55.7 Å². The number of nitrogens with zero attached hydrogens (tertiary/aromatic N) is 3. The van der Waals surface area contributed by atoms with E-state index in [-0.39, 0.29) is 25.5 Å². The van der Waals surface area contributed by atoms with E-state index in [2.05, 4.69) is 173 Å². The van der Waals surface area contributed by atoms with Crippen LogP contribution in [-0.2, 0) is 25.5 Å². The fraction of sp³-hybridized carbons (Fsp3) is 0.109. The monoisotopic (exact) mass is 940 g/mol. The molecule has 0 N–H and O–H groups in total. The maximum atomic E-state index is 4.96. The van der Waals surface area contributed by atoms with Crippen molar-refractivity contribution >= 4 is 10.9 Å². The van der Waals surface area contributed by atoms with Gasteiger partial charge in [0, 0.05) is 49.6 Å². The van der Waals surface area contributed by atoms with E-state index in [4.69, 9.17) is 9.97 Å². The van der Waals surface area contributed by atoms with Crippen LogP contribution in [0.25, 0.3) is 77.9 Å². The van der Waals surface area contributed by atoms with E-state index in [1.165, 1.54) is 38.9 Å². The molecule has 0 bridgehead atoms. The number of hydrogen-bond acceptors (Lipinski definition) is 3. The molecule has 6 aromatic carbocycles. The quantitative estimate of drug-likeness (QED) is 0.156. The molecule has 0 saturated carbocycles. The Morgan fingerprint density at radius 1 is 0.424 bits per heavy atom. The third-order valence-corrected chi connectivity index (χ3v) is 10.4. The zero-order valence-corrected chi connectivity index (χ0v) is 36.4. The predicted molar refractivity (Wildman–Crippen MR) is 242 cm³/mol. The van der Waals surface area contributed by atoms with Crippen molar-refractivity contribution in [1.82, 2.24) is 15.0 Å². The molecule has 0 amide bonds. The minimum Gasteiger partial charge on any atom is -0.305 e. The molecule has 3 heterocycles. The van der Waals surface area contributed by atoms with Gasteiger partial charge in [-0.15, -0.1) is 71.3 Å². The average Bonchev–Trinajstić information content (AvgIpc) is 3.27. The molecule has 0 aliphatic carbocycles. The van der Waals surface area contributed by atoms with Gasteiger partial charge in [0.15, 0.2) is 0 Å². The summed E-state index contributed by atoms with van der Waals surface area (Å²) < 4.78 is 0. The van der Waals surface area contributed by atoms with Gasteiger partial charge >= 0.3 is 0 Å². The average molecular weight is 940 g/mol. The number of hydrogen-bond donors (Lipinski definition) is 0. The number of fused-ring (bicyclic) bond motifs is 1. The van der Waals surface area contributed by atoms with Gasteiger partial charge in [-0.3, -0.25) is 4.98 Å². The maximum absolute atomic E-state index is 4.96. The van der Waals surface area contributed by atoms with Gasteiger partial charge in [-0.1, -0.05) is 117 Å². The summed E-state index contributed by atoms with van der Waals surface area (Å²) in [5.74, 6) is 0. The van der Waals surface area contributed by atoms with Crippen molar-refractivity contribution in [3.05, 3.63) is 211 Å². The molecule has 9 aromatic rings. The van der Waals surface area contributed by atoms with Crippen LogP contribution in [0.15, 0.2) is 182 Å². The molecule has 291 valence electrons. The van der Waals surface area contributed by atoms with Gasteiger partial charge in [0.2, 0.25) is 0 Å². The molecule has 0 atom stereocenters. The van der Waals surface area contributed by atoms with Crippen molar-refractivity contribution in [2.24, 2.45) is 0 Å². The number of benzene rings is 6. The molecule has 0 saturated heterocycles. The number of aromatic nitrogens is 3. The smallest absolute Gasteiger partial charge is 0.0785 e. The second kappa shape index (κ2) is 18.1. The van der Waals surface area contributed by atoms with Crippen LogP contribution in [0, 0.1) is 26.0 Å². The Labute approximate surface area is 362 Å². The van der Waals surface area contributed by atoms with Crippen LogP contribution in [0.3, 0.4) is 0 Å². The summed E-state index contributed by atoms with van der Waals surface area (Å²) in [6.45, 7) is 10.9. The first kappa shape index (κ1) is 40.9. The summed E-state index contributed by atoms with van der Waals surface area (Å²) in [7, 11) is 0. The Balaban J connectivity index is 0.000000321. The first-order valence-corrected chi connectivity index (χ1v) is 19.7. The van der Waals surface area contributed by atoms with Crippen molar-refractivity contribution in [3.63, 3.8) is 0 Å². The van der Waals surface area contributed by atoms with E-state index in [9.17, 15) is 0 Å². The van der Waals surface area contributed by atoms with Crippen molar-refractivity contribution in [1.29, 1.82) is 0 Å². The first-order chi connectivity index (χ1) is 28.2. The molecular weight excluding hydrogens is 895 g/mol. The Hall–Kier alpha value is -6.32. The third-order valence-electron chi connectivity index (χ3n) is 10.4. The third kappa shape index (κ3) is 9.53. The molecule has 0 aliphatic rings. The summed E-state index contributed by atoms with van der Waals surface area (Å²) in [6, 6.07) is 64.0. The standard InChI is InChI=1S/C43H35N2.C12H10N.Ir/c1-29-15-17-31(18-16-29)35-25-34(30-10-6-5-7-11-30)26-36(27-35)39-20-19-38(40-14-9-22-45-42(39)40)32-12-8-13-33(24-32)41-28-37(21-23-44-41)43(2,3)4;1-10-7-8-13-12(9-10)11-5-3-2-4-6-11;/h5-12,14-28H,1-4H3;2-5,7-9H,1H3;/q2*-1;. The Kier molecular flexibility index (Phi) is 12.5. The van der Waals surface area contributed by atoms with Crippen molar-refractivity contribution in [3.8, 4) is 67.0 Å². The van der Waals surface area contributed by atoms with Crippen LogP contribution in [0.2, 0.25) is 0 Å². The summed E-state index contributed by atoms with van der Waals surface area (Å²) in [4.78, 5) is 13.9. The minimum atomic E-state index is 0. The molecule has 3 nitrogen and oxygen atoms in total. The molecule has 0 aliphatic heterocycles. The molecule has 1 radical (unpaired) electrons. The fourth-order valence-corrected chi connectivity index (χ4v) is 7.21. The van der Waals surface area contributed by atoms with Gasteiger partial charge in [0.25, 0.3) is 0 Å². The second-order valence-corrected chi connectivity index (χ2v) is 15.8. The van der Waals surface area contributed by atoms with Crippen molar-refractivity contribution < 1.29 is 20.1 Å². The van der Waals surface area contributed by atoms with Gasteiger partial charge in [-0.2, -0.15) is 0 Å². The summed E-state index contributed by atoms with van der Waals surface area (Å²) in [5, 5.41) is 1.12. The van der Waals surface area contributed by atoms with Gasteiger partial charge in [0.05, 0.1) is 5.52 Å². The van der Waals surface area contributed by atoms with Gasteiger partial charge in [-0.25, -0.2) is 0 Å². The molecule has 0 unspecified atom stereocenters. The molecule has 9 rings (SSSR count). The number of aryl methyl sites for hydroxylation is 2. The van der Waals surface area contributed by atoms with Crippen LogP contribution in [-0.4, -0.2) is 15.0 Å². The summed E-state index contributed by atoms with van der Waals surface area (Å²) in [5.41, 5.74) is 18.0. The largest absolute Gasteiger partial charge is 0.305 e. The van der Waals surface area contributed by atoms with Crippen molar-refractivity contribution in [2.45, 2.75) is 40.0 Å². The fourth-order valence-electron chi connectivity index (χ4n) is 7.21. The normalized spacial score (nSPS) is 11.0. The van der Waals surface area contributed by atoms with Gasteiger partial charge < -0.3 is 9.97 Å². The summed E-state index contributed by atoms with van der Waals surface area (Å²) in [6.07, 6.45) is 5.62. The van der Waals surface area contributed by atoms with Crippen LogP contribution in [0.1, 0.15) is 37.5 Å². The summed E-state index contributed by atoms with van der Waals surface area (Å²) >= 11 is 0. The van der Waals surface area contributed by atoms with E-state index in [0.29, 0.717) is 0 Å². The molecule has 59 heavy (non-hydrogen) atoms. The topological polar surface area (TPSA) is 38.7 Å². The Morgan fingerprint density at radius 3 is 1.80 bits per heavy atom. The van der Waals surface area contributed by atoms with Gasteiger partial charge in [0.1, 0.15) is 0 Å². The van der Waals surface area contributed by atoms with E-state index >= 15 is 0 Å². The Morgan fingerprint density at radius 2 is 1.08 bits per heavy atom. The SMILES string of the molecule is Cc1ccc(-c2cc(-c3ccccc3)cc(-c3ccc(-c4cc[c-]c(-c5cc(C(C)(C)C)ccn5)c4)c4cccnc34)c2)cc1.Cc1ccnc(-c2[c-]cccc2)c1.[Ir]. The maximum Gasteiger partial charge on any atom is 0.0785 e. The number of rotatable bonds is 6. The Bertz CT molecular complexity index is 2820. The van der Waals surface area contributed by atoms with E-state index < -0.39 is 0 Å². The molecule has 0 spiro atoms. The van der Waals surface area contributed by atoms with Crippen LogP contribution >= 0.6 is 0 Å². The van der Waals surface area contributed by atoms with Crippen LogP contribution in [0.5, 0.6) is 0 Å². The molecule has 0 fully saturated rings. The molecular formula is C55H45IrN3-2. The first-order valence-electron chi connectivity index (χ1n) is 19.7. The van der Waals surface area contributed by atoms with Crippen molar-refractivity contribution in [2.75, 3.05) is 0 Å². The van der Waals surface area contributed by atoms with Crippen LogP contribution in [0.4, 0.5) is 0 Å². The zero-order valence-electron chi connectivity index (χ0n) is 34.0. The van der Waals surface area contributed by atoms with E-state index in [1.54, 1.807) is 0 Å². The predicted octanol–water partition coefficient (Wildman–Crippen LogP) is 14.2. The van der Waals surface area contributed by atoms with E-state index in [1.807, 2.05) is 61.1 Å². The zero-order chi connectivity index (χ0) is 40.1. The molecule has 4 heteroatoms. The van der Waals surface area contributed by atoms with Gasteiger partial charge in [-0.05, 0) is 106 Å². The van der Waals surface area contributed by atoms with Crippen LogP contribution < -0.4 is 0 Å². The molecule has 3 aromatic heterocycles. The number of pyridine rings is 3. The second-order valence-electron chi connectivity index (χ2n) is 15.8. The minimum absolute atomic E-state index is 0.